The number of hydrogen-bond donors (Lipinski definition) is 0. The predicted octanol–water partition coefficient (Wildman–Crippen LogP) is 6.09. The lowest BCUT2D eigenvalue weighted by atomic mass is 10.0. The fourth-order valence-electron chi connectivity index (χ4n) is 2.33. The van der Waals surface area contributed by atoms with Gasteiger partial charge in [-0.3, -0.25) is 0 Å². The van der Waals surface area contributed by atoms with E-state index in [1.54, 1.807) is 0 Å². The summed E-state index contributed by atoms with van der Waals surface area (Å²) < 4.78 is 11.6. The number of hydrogen-bond acceptors (Lipinski definition) is 4. The third kappa shape index (κ3) is 3.28. The van der Waals surface area contributed by atoms with Gasteiger partial charge in [0.05, 0.1) is 24.1 Å². The van der Waals surface area contributed by atoms with Crippen LogP contribution in [0, 0.1) is 0 Å². The van der Waals surface area contributed by atoms with Crippen molar-refractivity contribution in [2.75, 3.05) is 11.5 Å². The molecule has 0 saturated heterocycles. The van der Waals surface area contributed by atoms with Gasteiger partial charge in [0.15, 0.2) is 11.5 Å². The maximum absolute atomic E-state index is 5.78. The van der Waals surface area contributed by atoms with Crippen molar-refractivity contribution < 1.29 is 8.37 Å². The molecule has 0 spiro atoms. The Morgan fingerprint density at radius 3 is 1.55 bits per heavy atom. The van der Waals surface area contributed by atoms with Crippen molar-refractivity contribution in [3.63, 3.8) is 0 Å². The van der Waals surface area contributed by atoms with E-state index in [-0.39, 0.29) is 0 Å². The highest BCUT2D eigenvalue weighted by Crippen LogP contribution is 2.37. The van der Waals surface area contributed by atoms with Gasteiger partial charge in [0.25, 0.3) is 0 Å². The summed E-state index contributed by atoms with van der Waals surface area (Å²) in [5, 5.41) is 4.81. The topological polar surface area (TPSA) is 18.5 Å². The van der Waals surface area contributed by atoms with Crippen molar-refractivity contribution in [1.82, 2.24) is 0 Å². The molecule has 0 bridgehead atoms. The Labute approximate surface area is 139 Å². The smallest absolute Gasteiger partial charge is 0.181 e. The van der Waals surface area contributed by atoms with E-state index < -0.39 is 0 Å². The summed E-state index contributed by atoms with van der Waals surface area (Å²) in [6.45, 7) is 4.14. The molecule has 2 nitrogen and oxygen atoms in total. The number of fused-ring (bicyclic) bond motifs is 2. The first-order valence-electron chi connectivity index (χ1n) is 7.37. The fourth-order valence-corrected chi connectivity index (χ4v) is 3.08. The Hall–Kier alpha value is -1.52. The van der Waals surface area contributed by atoms with E-state index in [2.05, 4.69) is 62.4 Å². The molecular weight excluding hydrogens is 312 g/mol. The maximum atomic E-state index is 5.78. The minimum Gasteiger partial charge on any atom is -0.422 e. The van der Waals surface area contributed by atoms with Crippen LogP contribution in [0.3, 0.4) is 0 Å². The minimum atomic E-state index is 0.788. The van der Waals surface area contributed by atoms with Crippen LogP contribution in [0.1, 0.15) is 13.8 Å². The highest BCUT2D eigenvalue weighted by molar-refractivity contribution is 7.95. The molecule has 0 N–H and O–H groups in total. The maximum Gasteiger partial charge on any atom is 0.181 e. The summed E-state index contributed by atoms with van der Waals surface area (Å²) in [5.74, 6) is 3.37. The van der Waals surface area contributed by atoms with E-state index in [9.17, 15) is 0 Å². The van der Waals surface area contributed by atoms with Crippen LogP contribution in [0.2, 0.25) is 0 Å². The largest absolute Gasteiger partial charge is 0.422 e. The van der Waals surface area contributed by atoms with E-state index in [1.807, 2.05) is 0 Å². The zero-order valence-electron chi connectivity index (χ0n) is 12.7. The van der Waals surface area contributed by atoms with Crippen molar-refractivity contribution in [2.24, 2.45) is 0 Å². The second kappa shape index (κ2) is 7.16. The molecule has 3 rings (SSSR count). The molecule has 0 unspecified atom stereocenters. The Morgan fingerprint density at radius 1 is 0.682 bits per heavy atom. The molecule has 4 heteroatoms. The molecule has 0 amide bonds. The van der Waals surface area contributed by atoms with E-state index in [1.165, 1.54) is 45.6 Å². The third-order valence-electron chi connectivity index (χ3n) is 3.30. The molecule has 0 aliphatic rings. The lowest BCUT2D eigenvalue weighted by molar-refractivity contribution is 0.572. The molecule has 0 atom stereocenters. The molecule has 22 heavy (non-hydrogen) atoms. The molecular formula is C18H18O2S2. The van der Waals surface area contributed by atoms with Gasteiger partial charge in [0.2, 0.25) is 0 Å². The Balaban J connectivity index is 2.11. The van der Waals surface area contributed by atoms with Crippen LogP contribution in [-0.4, -0.2) is 11.5 Å². The highest BCUT2D eigenvalue weighted by Gasteiger charge is 2.10. The van der Waals surface area contributed by atoms with Crippen LogP contribution in [0.25, 0.3) is 21.5 Å². The molecule has 0 aliphatic carbocycles. The van der Waals surface area contributed by atoms with Crippen LogP contribution in [0.15, 0.2) is 48.5 Å². The standard InChI is InChI=1S/C18H18O2S2/c1-3-21-19-17-11-15-9-13-7-5-6-8-14(13)10-16(15)12-18(17)20-22-4-2/h5-12H,3-4H2,1-2H3. The van der Waals surface area contributed by atoms with E-state index in [0.717, 1.165) is 23.0 Å². The van der Waals surface area contributed by atoms with Crippen molar-refractivity contribution in [3.8, 4) is 11.5 Å². The summed E-state index contributed by atoms with van der Waals surface area (Å²) in [4.78, 5) is 0. The van der Waals surface area contributed by atoms with Crippen molar-refractivity contribution in [3.05, 3.63) is 48.5 Å². The van der Waals surface area contributed by atoms with Gasteiger partial charge in [-0.2, -0.15) is 0 Å². The highest BCUT2D eigenvalue weighted by atomic mass is 32.2. The number of rotatable bonds is 6. The van der Waals surface area contributed by atoms with Gasteiger partial charge in [-0.15, -0.1) is 0 Å². The van der Waals surface area contributed by atoms with Crippen LogP contribution in [-0.2, 0) is 0 Å². The zero-order valence-corrected chi connectivity index (χ0v) is 14.3. The van der Waals surface area contributed by atoms with Gasteiger partial charge in [0.1, 0.15) is 0 Å². The monoisotopic (exact) mass is 330 g/mol. The molecule has 3 aromatic carbocycles. The second-order valence-electron chi connectivity index (χ2n) is 4.83. The summed E-state index contributed by atoms with van der Waals surface area (Å²) in [6.07, 6.45) is 0. The zero-order chi connectivity index (χ0) is 15.4. The molecule has 0 aliphatic heterocycles. The molecule has 0 fully saturated rings. The Bertz CT molecular complexity index is 720. The normalized spacial score (nSPS) is 11.0. The fraction of sp³-hybridized carbons (Fsp3) is 0.222. The van der Waals surface area contributed by atoms with Gasteiger partial charge in [-0.1, -0.05) is 38.1 Å². The van der Waals surface area contributed by atoms with Crippen LogP contribution >= 0.6 is 24.1 Å². The van der Waals surface area contributed by atoms with Crippen LogP contribution in [0.4, 0.5) is 0 Å². The molecule has 0 aromatic heterocycles. The summed E-state index contributed by atoms with van der Waals surface area (Å²) in [7, 11) is 0. The van der Waals surface area contributed by atoms with Crippen LogP contribution < -0.4 is 8.37 Å². The first kappa shape index (κ1) is 15.4. The average molecular weight is 330 g/mol. The van der Waals surface area contributed by atoms with Gasteiger partial charge in [-0.05, 0) is 45.8 Å². The first-order valence-corrected chi connectivity index (χ1v) is 9.19. The van der Waals surface area contributed by atoms with Crippen molar-refractivity contribution >= 4 is 45.6 Å². The summed E-state index contributed by atoms with van der Waals surface area (Å²) in [6, 6.07) is 16.9. The van der Waals surface area contributed by atoms with E-state index >= 15 is 0 Å². The van der Waals surface area contributed by atoms with E-state index in [4.69, 9.17) is 8.37 Å². The lowest BCUT2D eigenvalue weighted by Gasteiger charge is -2.12. The SMILES string of the molecule is CCSOc1cc2cc3ccccc3cc2cc1OSCC. The first-order chi connectivity index (χ1) is 10.8. The van der Waals surface area contributed by atoms with Crippen molar-refractivity contribution in [2.45, 2.75) is 13.8 Å². The number of benzene rings is 3. The Morgan fingerprint density at radius 2 is 1.14 bits per heavy atom. The van der Waals surface area contributed by atoms with Crippen molar-refractivity contribution in [1.29, 1.82) is 0 Å². The Kier molecular flexibility index (Phi) is 5.01. The van der Waals surface area contributed by atoms with E-state index in [0.29, 0.717) is 0 Å². The van der Waals surface area contributed by atoms with Gasteiger partial charge in [0, 0.05) is 11.5 Å². The quantitative estimate of drug-likeness (QED) is 0.402. The second-order valence-corrected chi connectivity index (χ2v) is 6.78. The van der Waals surface area contributed by atoms with Crippen LogP contribution in [0.5, 0.6) is 11.5 Å². The molecule has 3 aromatic rings. The van der Waals surface area contributed by atoms with Gasteiger partial charge < -0.3 is 8.37 Å². The minimum absolute atomic E-state index is 0.788. The van der Waals surface area contributed by atoms with Gasteiger partial charge in [-0.25, -0.2) is 0 Å². The van der Waals surface area contributed by atoms with Gasteiger partial charge >= 0.3 is 0 Å². The predicted molar refractivity (Wildman–Crippen MR) is 99.0 cm³/mol. The molecule has 0 saturated carbocycles. The molecule has 0 heterocycles. The molecule has 0 radical (unpaired) electrons. The summed E-state index contributed by atoms with van der Waals surface area (Å²) >= 11 is 2.86. The third-order valence-corrected chi connectivity index (χ3v) is 4.37. The lowest BCUT2D eigenvalue weighted by Crippen LogP contribution is -1.90. The average Bonchev–Trinajstić information content (AvgIpc) is 2.55. The molecule has 114 valence electrons. The summed E-state index contributed by atoms with van der Waals surface area (Å²) in [5.41, 5.74) is 0.